The van der Waals surface area contributed by atoms with Gasteiger partial charge < -0.3 is 4.74 Å². The average Bonchev–Trinajstić information content (AvgIpc) is 1.88. The van der Waals surface area contributed by atoms with E-state index in [1.807, 2.05) is 6.92 Å². The molecule has 1 radical (unpaired) electrons. The predicted molar refractivity (Wildman–Crippen MR) is 39.4 cm³/mol. The van der Waals surface area contributed by atoms with Gasteiger partial charge in [0.2, 0.25) is 0 Å². The van der Waals surface area contributed by atoms with Gasteiger partial charge in [-0.25, -0.2) is 4.79 Å². The van der Waals surface area contributed by atoms with Gasteiger partial charge in [-0.2, -0.15) is 0 Å². The largest absolute Gasteiger partial charge is 0.462 e. The maximum Gasteiger partial charge on any atom is 0.333 e. The molecule has 0 heterocycles. The Morgan fingerprint density at radius 3 is 2.60 bits per heavy atom. The number of hydrogen-bond acceptors (Lipinski definition) is 2. The lowest BCUT2D eigenvalue weighted by Crippen LogP contribution is -2.05. The summed E-state index contributed by atoms with van der Waals surface area (Å²) in [7, 11) is 0. The van der Waals surface area contributed by atoms with Crippen LogP contribution in [0.5, 0.6) is 0 Å². The van der Waals surface area contributed by atoms with Crippen molar-refractivity contribution in [2.75, 3.05) is 6.61 Å². The molecule has 0 spiro atoms. The molecule has 0 fully saturated rings. The smallest absolute Gasteiger partial charge is 0.333 e. The van der Waals surface area contributed by atoms with E-state index in [4.69, 9.17) is 11.3 Å². The Kier molecular flexibility index (Phi) is 4.63. The quantitative estimate of drug-likeness (QED) is 0.338. The van der Waals surface area contributed by atoms with Gasteiger partial charge in [0.05, 0.1) is 6.61 Å². The van der Waals surface area contributed by atoms with E-state index in [2.05, 4.69) is 0 Å². The molecule has 0 rings (SSSR count). The molecule has 0 aromatic heterocycles. The summed E-state index contributed by atoms with van der Waals surface area (Å²) in [5.41, 5.74) is 0.219. The van der Waals surface area contributed by atoms with Gasteiger partial charge in [0.1, 0.15) is 0 Å². The third-order valence-electron chi connectivity index (χ3n) is 1.05. The highest BCUT2D eigenvalue weighted by molar-refractivity contribution is 5.86. The van der Waals surface area contributed by atoms with Crippen LogP contribution in [0.25, 0.3) is 0 Å². The first-order valence-corrected chi connectivity index (χ1v) is 3.44. The standard InChI is InChI=1S/C8H13O2/c1-4-5-6-10-8(9)7(2)3/h2H,4-6H2,1,3H3. The molecule has 0 saturated heterocycles. The normalized spacial score (nSPS) is 9.00. The van der Waals surface area contributed by atoms with E-state index < -0.39 is 5.97 Å². The molecule has 0 aliphatic rings. The molecule has 0 saturated carbocycles. The molecule has 0 aliphatic carbocycles. The van der Waals surface area contributed by atoms with Gasteiger partial charge in [0, 0.05) is 5.57 Å². The zero-order valence-electron chi connectivity index (χ0n) is 6.52. The number of ether oxygens (including phenoxy) is 1. The molecule has 0 aliphatic heterocycles. The van der Waals surface area contributed by atoms with Crippen molar-refractivity contribution >= 4 is 5.97 Å². The number of carbonyl (C=O) groups excluding carboxylic acids is 1. The van der Waals surface area contributed by atoms with Crippen LogP contribution < -0.4 is 0 Å². The Morgan fingerprint density at radius 2 is 2.20 bits per heavy atom. The minimum Gasteiger partial charge on any atom is -0.462 e. The Morgan fingerprint density at radius 1 is 1.60 bits per heavy atom. The summed E-state index contributed by atoms with van der Waals surface area (Å²) in [4.78, 5) is 10.6. The first-order valence-electron chi connectivity index (χ1n) is 3.44. The van der Waals surface area contributed by atoms with Gasteiger partial charge in [0.15, 0.2) is 0 Å². The summed E-state index contributed by atoms with van der Waals surface area (Å²) in [5.74, 6) is -0.395. The molecular weight excluding hydrogens is 128 g/mol. The third kappa shape index (κ3) is 4.13. The fourth-order valence-electron chi connectivity index (χ4n) is 0.423. The lowest BCUT2D eigenvalue weighted by Gasteiger charge is -2.00. The zero-order valence-corrected chi connectivity index (χ0v) is 6.52. The van der Waals surface area contributed by atoms with Gasteiger partial charge in [-0.1, -0.05) is 19.9 Å². The molecule has 0 atom stereocenters. The highest BCUT2D eigenvalue weighted by Gasteiger charge is 2.00. The van der Waals surface area contributed by atoms with Crippen LogP contribution in [0.3, 0.4) is 0 Å². The molecule has 0 aromatic carbocycles. The van der Waals surface area contributed by atoms with Gasteiger partial charge in [-0.3, -0.25) is 0 Å². The van der Waals surface area contributed by atoms with Gasteiger partial charge >= 0.3 is 5.97 Å². The van der Waals surface area contributed by atoms with Crippen LogP contribution in [-0.2, 0) is 9.53 Å². The number of esters is 1. The second-order valence-corrected chi connectivity index (χ2v) is 2.17. The van der Waals surface area contributed by atoms with Crippen LogP contribution in [0.1, 0.15) is 26.7 Å². The van der Waals surface area contributed by atoms with Crippen molar-refractivity contribution in [1.29, 1.82) is 0 Å². The Hall–Kier alpha value is -0.790. The first-order chi connectivity index (χ1) is 4.68. The average molecular weight is 141 g/mol. The van der Waals surface area contributed by atoms with E-state index in [9.17, 15) is 4.79 Å². The summed E-state index contributed by atoms with van der Waals surface area (Å²) in [5, 5.41) is 0. The van der Waals surface area contributed by atoms with E-state index in [-0.39, 0.29) is 5.57 Å². The lowest BCUT2D eigenvalue weighted by molar-refractivity contribution is -0.139. The van der Waals surface area contributed by atoms with Crippen LogP contribution in [0.2, 0.25) is 0 Å². The molecule has 0 N–H and O–H groups in total. The van der Waals surface area contributed by atoms with Gasteiger partial charge in [-0.05, 0) is 13.3 Å². The zero-order chi connectivity index (χ0) is 7.98. The van der Waals surface area contributed by atoms with Gasteiger partial charge in [0.25, 0.3) is 0 Å². The Bertz CT molecular complexity index is 127. The van der Waals surface area contributed by atoms with Crippen molar-refractivity contribution in [3.63, 3.8) is 0 Å². The maximum absolute atomic E-state index is 10.6. The summed E-state index contributed by atoms with van der Waals surface area (Å²) in [6.45, 7) is 9.21. The third-order valence-corrected chi connectivity index (χ3v) is 1.05. The minimum atomic E-state index is -0.395. The highest BCUT2D eigenvalue weighted by Crippen LogP contribution is 1.94. The number of rotatable bonds is 4. The Balaban J connectivity index is 3.31. The summed E-state index contributed by atoms with van der Waals surface area (Å²) < 4.78 is 4.74. The summed E-state index contributed by atoms with van der Waals surface area (Å²) in [6.07, 6.45) is 1.93. The second-order valence-electron chi connectivity index (χ2n) is 2.17. The van der Waals surface area contributed by atoms with Crippen LogP contribution in [0, 0.1) is 6.58 Å². The molecular formula is C8H13O2. The summed E-state index contributed by atoms with van der Waals surface area (Å²) >= 11 is 0. The molecule has 0 unspecified atom stereocenters. The van der Waals surface area contributed by atoms with E-state index in [0.717, 1.165) is 12.8 Å². The molecule has 0 amide bonds. The molecule has 0 aromatic rings. The van der Waals surface area contributed by atoms with Crippen LogP contribution >= 0.6 is 0 Å². The molecule has 57 valence electrons. The van der Waals surface area contributed by atoms with Gasteiger partial charge in [-0.15, -0.1) is 0 Å². The molecule has 10 heavy (non-hydrogen) atoms. The van der Waals surface area contributed by atoms with Crippen LogP contribution in [-0.4, -0.2) is 12.6 Å². The first kappa shape index (κ1) is 9.21. The SMILES string of the molecule is [CH]=C(C)C(=O)OCCCC. The number of hydrogen-bond donors (Lipinski definition) is 0. The van der Waals surface area contributed by atoms with Crippen LogP contribution in [0.15, 0.2) is 5.57 Å². The Labute approximate surface area is 61.9 Å². The highest BCUT2D eigenvalue weighted by atomic mass is 16.5. The van der Waals surface area contributed by atoms with E-state index in [1.54, 1.807) is 0 Å². The summed E-state index contributed by atoms with van der Waals surface area (Å²) in [6, 6.07) is 0. The van der Waals surface area contributed by atoms with Crippen molar-refractivity contribution in [3.8, 4) is 0 Å². The second kappa shape index (κ2) is 5.03. The molecule has 2 heteroatoms. The predicted octanol–water partition coefficient (Wildman–Crippen LogP) is 1.71. The van der Waals surface area contributed by atoms with Crippen molar-refractivity contribution in [3.05, 3.63) is 12.2 Å². The van der Waals surface area contributed by atoms with E-state index in [1.165, 1.54) is 6.92 Å². The lowest BCUT2D eigenvalue weighted by atomic mass is 10.3. The molecule has 0 bridgehead atoms. The number of carbonyl (C=O) groups is 1. The maximum atomic E-state index is 10.6. The number of unbranched alkanes of at least 4 members (excludes halogenated alkanes) is 1. The van der Waals surface area contributed by atoms with Crippen molar-refractivity contribution < 1.29 is 9.53 Å². The van der Waals surface area contributed by atoms with E-state index in [0.29, 0.717) is 6.61 Å². The minimum absolute atomic E-state index is 0.219. The topological polar surface area (TPSA) is 26.3 Å². The monoisotopic (exact) mass is 141 g/mol. The fourth-order valence-corrected chi connectivity index (χ4v) is 0.423. The van der Waals surface area contributed by atoms with Crippen molar-refractivity contribution in [2.24, 2.45) is 0 Å². The van der Waals surface area contributed by atoms with E-state index >= 15 is 0 Å². The van der Waals surface area contributed by atoms with Crippen molar-refractivity contribution in [2.45, 2.75) is 26.7 Å². The molecule has 2 nitrogen and oxygen atoms in total. The fraction of sp³-hybridized carbons (Fsp3) is 0.625. The van der Waals surface area contributed by atoms with Crippen LogP contribution in [0.4, 0.5) is 0 Å². The van der Waals surface area contributed by atoms with Crippen molar-refractivity contribution in [1.82, 2.24) is 0 Å².